The number of hydrogen-bond donors (Lipinski definition) is 4. The quantitative estimate of drug-likeness (QED) is 0.655. The Balaban J connectivity index is 1.78. The van der Waals surface area contributed by atoms with E-state index in [4.69, 9.17) is 0 Å². The fourth-order valence-electron chi connectivity index (χ4n) is 2.92. The normalized spacial score (nSPS) is 22.3. The lowest BCUT2D eigenvalue weighted by Gasteiger charge is -2.18. The van der Waals surface area contributed by atoms with Gasteiger partial charge >= 0.3 is 0 Å². The Morgan fingerprint density at radius 1 is 1.35 bits per heavy atom. The van der Waals surface area contributed by atoms with E-state index in [1.807, 2.05) is 0 Å². The van der Waals surface area contributed by atoms with Gasteiger partial charge in [0, 0.05) is 20.2 Å². The van der Waals surface area contributed by atoms with Crippen LogP contribution in [-0.2, 0) is 0 Å². The number of hydrogen-bond acceptors (Lipinski definition) is 6. The predicted octanol–water partition coefficient (Wildman–Crippen LogP) is 1.22. The third-order valence-corrected chi connectivity index (χ3v) is 4.09. The molecule has 3 rings (SSSR count). The Morgan fingerprint density at radius 3 is 3.00 bits per heavy atom. The average Bonchev–Trinajstić information content (AvgIpc) is 3.12. The number of nitrogens with one attached hydrogen (secondary N) is 3. The van der Waals surface area contributed by atoms with Crippen molar-refractivity contribution in [3.8, 4) is 0 Å². The van der Waals surface area contributed by atoms with Gasteiger partial charge in [0.2, 0.25) is 5.95 Å². The first-order chi connectivity index (χ1) is 9.81. The van der Waals surface area contributed by atoms with Gasteiger partial charge in [0.05, 0.1) is 6.33 Å². The Labute approximate surface area is 117 Å². The maximum atomic E-state index is 9.37. The van der Waals surface area contributed by atoms with Crippen molar-refractivity contribution in [1.82, 2.24) is 19.9 Å². The SMILES string of the molecule is CNc1nc(NCC2CCCC2CO)c2[nH]cnc2n1. The van der Waals surface area contributed by atoms with Crippen LogP contribution in [0.25, 0.3) is 11.2 Å². The van der Waals surface area contributed by atoms with Crippen LogP contribution in [0.15, 0.2) is 6.33 Å². The molecule has 4 N–H and O–H groups in total. The molecule has 2 atom stereocenters. The molecule has 0 bridgehead atoms. The van der Waals surface area contributed by atoms with Crippen molar-refractivity contribution in [2.45, 2.75) is 19.3 Å². The molecule has 2 unspecified atom stereocenters. The number of aromatic amines is 1. The fourth-order valence-corrected chi connectivity index (χ4v) is 2.92. The third-order valence-electron chi connectivity index (χ3n) is 4.09. The lowest BCUT2D eigenvalue weighted by atomic mass is 9.97. The third kappa shape index (κ3) is 2.40. The number of fused-ring (bicyclic) bond motifs is 1. The molecule has 0 aliphatic heterocycles. The Kier molecular flexibility index (Phi) is 3.68. The zero-order valence-electron chi connectivity index (χ0n) is 11.6. The summed E-state index contributed by atoms with van der Waals surface area (Å²) in [4.78, 5) is 16.0. The van der Waals surface area contributed by atoms with Gasteiger partial charge < -0.3 is 20.7 Å². The van der Waals surface area contributed by atoms with E-state index in [0.29, 0.717) is 23.4 Å². The molecule has 1 fully saturated rings. The molecule has 0 radical (unpaired) electrons. The van der Waals surface area contributed by atoms with Gasteiger partial charge in [-0.25, -0.2) is 4.98 Å². The number of anilines is 2. The molecule has 2 aromatic heterocycles. The van der Waals surface area contributed by atoms with Crippen molar-refractivity contribution < 1.29 is 5.11 Å². The van der Waals surface area contributed by atoms with Gasteiger partial charge in [-0.2, -0.15) is 9.97 Å². The Hall–Kier alpha value is -1.89. The number of nitrogens with zero attached hydrogens (tertiary/aromatic N) is 3. The molecule has 0 spiro atoms. The molecule has 108 valence electrons. The van der Waals surface area contributed by atoms with E-state index in [0.717, 1.165) is 30.7 Å². The van der Waals surface area contributed by atoms with E-state index in [-0.39, 0.29) is 6.61 Å². The molecule has 0 amide bonds. The summed E-state index contributed by atoms with van der Waals surface area (Å²) in [5, 5.41) is 15.7. The van der Waals surface area contributed by atoms with E-state index < -0.39 is 0 Å². The standard InChI is InChI=1S/C13H20N6O/c1-14-13-18-11(10-12(19-13)17-7-16-10)15-5-8-3-2-4-9(8)6-20/h7-9,20H,2-6H2,1H3,(H3,14,15,16,17,18,19). The van der Waals surface area contributed by atoms with Gasteiger partial charge in [-0.15, -0.1) is 0 Å². The van der Waals surface area contributed by atoms with Crippen LogP contribution in [-0.4, -0.2) is 45.2 Å². The van der Waals surface area contributed by atoms with Crippen molar-refractivity contribution in [3.05, 3.63) is 6.33 Å². The van der Waals surface area contributed by atoms with Crippen LogP contribution >= 0.6 is 0 Å². The summed E-state index contributed by atoms with van der Waals surface area (Å²) in [6.07, 6.45) is 5.10. The highest BCUT2D eigenvalue weighted by molar-refractivity contribution is 5.83. The molecule has 20 heavy (non-hydrogen) atoms. The zero-order valence-corrected chi connectivity index (χ0v) is 11.6. The van der Waals surface area contributed by atoms with Gasteiger partial charge in [0.1, 0.15) is 5.52 Å². The van der Waals surface area contributed by atoms with Gasteiger partial charge in [-0.05, 0) is 24.7 Å². The minimum Gasteiger partial charge on any atom is -0.396 e. The highest BCUT2D eigenvalue weighted by Gasteiger charge is 2.26. The van der Waals surface area contributed by atoms with Crippen LogP contribution in [0, 0.1) is 11.8 Å². The maximum absolute atomic E-state index is 9.37. The second-order valence-corrected chi connectivity index (χ2v) is 5.26. The summed E-state index contributed by atoms with van der Waals surface area (Å²) >= 11 is 0. The lowest BCUT2D eigenvalue weighted by molar-refractivity contribution is 0.199. The number of H-pyrrole nitrogens is 1. The molecule has 1 aliphatic carbocycles. The molecule has 0 saturated heterocycles. The van der Waals surface area contributed by atoms with Crippen LogP contribution < -0.4 is 10.6 Å². The number of imidazole rings is 1. The smallest absolute Gasteiger partial charge is 0.226 e. The molecular formula is C13H20N6O. The van der Waals surface area contributed by atoms with E-state index in [1.165, 1.54) is 6.42 Å². The minimum absolute atomic E-state index is 0.275. The molecule has 0 aromatic carbocycles. The summed E-state index contributed by atoms with van der Waals surface area (Å²) in [5.41, 5.74) is 1.47. The van der Waals surface area contributed by atoms with E-state index in [2.05, 4.69) is 30.6 Å². The topological polar surface area (TPSA) is 98.8 Å². The number of rotatable bonds is 5. The second kappa shape index (κ2) is 5.62. The lowest BCUT2D eigenvalue weighted by Crippen LogP contribution is -2.21. The van der Waals surface area contributed by atoms with Crippen molar-refractivity contribution in [3.63, 3.8) is 0 Å². The summed E-state index contributed by atoms with van der Waals surface area (Å²) in [6.45, 7) is 1.09. The van der Waals surface area contributed by atoms with Gasteiger partial charge in [0.15, 0.2) is 11.5 Å². The number of aromatic nitrogens is 4. The average molecular weight is 276 g/mol. The molecule has 1 aliphatic rings. The highest BCUT2D eigenvalue weighted by Crippen LogP contribution is 2.31. The highest BCUT2D eigenvalue weighted by atomic mass is 16.3. The Bertz CT molecular complexity index is 583. The van der Waals surface area contributed by atoms with Gasteiger partial charge in [-0.1, -0.05) is 6.42 Å². The molecule has 2 heterocycles. The van der Waals surface area contributed by atoms with Crippen LogP contribution in [0.1, 0.15) is 19.3 Å². The monoisotopic (exact) mass is 276 g/mol. The Morgan fingerprint density at radius 2 is 2.20 bits per heavy atom. The summed E-state index contributed by atoms with van der Waals surface area (Å²) < 4.78 is 0. The summed E-state index contributed by atoms with van der Waals surface area (Å²) in [7, 11) is 1.79. The minimum atomic E-state index is 0.275. The molecular weight excluding hydrogens is 256 g/mol. The summed E-state index contributed by atoms with van der Waals surface area (Å²) in [6, 6.07) is 0. The number of aliphatic hydroxyl groups is 1. The second-order valence-electron chi connectivity index (χ2n) is 5.26. The molecule has 7 nitrogen and oxygen atoms in total. The largest absolute Gasteiger partial charge is 0.396 e. The predicted molar refractivity (Wildman–Crippen MR) is 77.6 cm³/mol. The summed E-state index contributed by atoms with van der Waals surface area (Å²) in [5.74, 6) is 2.23. The van der Waals surface area contributed by atoms with Crippen LogP contribution in [0.3, 0.4) is 0 Å². The van der Waals surface area contributed by atoms with Crippen molar-refractivity contribution in [2.24, 2.45) is 11.8 Å². The van der Waals surface area contributed by atoms with Gasteiger partial charge in [-0.3, -0.25) is 0 Å². The van der Waals surface area contributed by atoms with E-state index in [1.54, 1.807) is 13.4 Å². The zero-order chi connectivity index (χ0) is 13.9. The van der Waals surface area contributed by atoms with Gasteiger partial charge in [0.25, 0.3) is 0 Å². The van der Waals surface area contributed by atoms with Crippen molar-refractivity contribution >= 4 is 22.9 Å². The van der Waals surface area contributed by atoms with Crippen molar-refractivity contribution in [1.29, 1.82) is 0 Å². The molecule has 1 saturated carbocycles. The first kappa shape index (κ1) is 13.1. The first-order valence-electron chi connectivity index (χ1n) is 7.05. The fraction of sp³-hybridized carbons (Fsp3) is 0.615. The van der Waals surface area contributed by atoms with Crippen LogP contribution in [0.4, 0.5) is 11.8 Å². The maximum Gasteiger partial charge on any atom is 0.226 e. The van der Waals surface area contributed by atoms with E-state index in [9.17, 15) is 5.11 Å². The molecule has 2 aromatic rings. The van der Waals surface area contributed by atoms with Crippen LogP contribution in [0.2, 0.25) is 0 Å². The number of aliphatic hydroxyl groups excluding tert-OH is 1. The molecule has 7 heteroatoms. The van der Waals surface area contributed by atoms with E-state index >= 15 is 0 Å². The van der Waals surface area contributed by atoms with Crippen molar-refractivity contribution in [2.75, 3.05) is 30.8 Å². The first-order valence-corrected chi connectivity index (χ1v) is 7.05. The van der Waals surface area contributed by atoms with Crippen LogP contribution in [0.5, 0.6) is 0 Å².